The van der Waals surface area contributed by atoms with Crippen molar-refractivity contribution in [3.8, 4) is 0 Å². The summed E-state index contributed by atoms with van der Waals surface area (Å²) in [6.45, 7) is 3.75. The van der Waals surface area contributed by atoms with Gasteiger partial charge in [0.2, 0.25) is 12.7 Å². The van der Waals surface area contributed by atoms with Crippen LogP contribution in [-0.4, -0.2) is 11.3 Å². The maximum atomic E-state index is 14.8. The Kier molecular flexibility index (Phi) is 6.03. The van der Waals surface area contributed by atoms with E-state index in [1.54, 1.807) is 78.9 Å². The Balaban J connectivity index is 2.03. The first-order chi connectivity index (χ1) is 15.4. The van der Waals surface area contributed by atoms with Gasteiger partial charge < -0.3 is 4.57 Å². The number of rotatable bonds is 6. The van der Waals surface area contributed by atoms with E-state index in [-0.39, 0.29) is 11.1 Å². The molecule has 0 amide bonds. The first-order valence-electron chi connectivity index (χ1n) is 10.4. The second-order valence-electron chi connectivity index (χ2n) is 7.71. The van der Waals surface area contributed by atoms with E-state index in [4.69, 9.17) is 0 Å². The molecule has 32 heavy (non-hydrogen) atoms. The van der Waals surface area contributed by atoms with Crippen LogP contribution in [0.15, 0.2) is 103 Å². The van der Waals surface area contributed by atoms with E-state index in [0.717, 1.165) is 11.1 Å². The number of aryl methyl sites for hydroxylation is 1. The van der Waals surface area contributed by atoms with Crippen molar-refractivity contribution in [3.63, 3.8) is 0 Å². The van der Waals surface area contributed by atoms with Gasteiger partial charge >= 0.3 is 0 Å². The molecule has 4 rings (SSSR count). The minimum Gasteiger partial charge on any atom is -0.305 e. The Hall–Kier alpha value is -3.55. The minimum atomic E-state index is -3.86. The molecule has 0 radical (unpaired) electrons. The van der Waals surface area contributed by atoms with E-state index in [1.165, 1.54) is 0 Å². The highest BCUT2D eigenvalue weighted by atomic mass is 31.2. The highest BCUT2D eigenvalue weighted by Crippen LogP contribution is 2.48. The average Bonchev–Trinajstić information content (AvgIpc) is 2.86. The average molecular weight is 438 g/mol. The molecule has 0 aliphatic rings. The Bertz CT molecular complexity index is 1330. The highest BCUT2D eigenvalue weighted by Gasteiger charge is 2.40. The molecule has 1 unspecified atom stereocenters. The molecule has 4 aromatic rings. The monoisotopic (exact) mass is 438 g/mol. The van der Waals surface area contributed by atoms with Crippen LogP contribution in [0.25, 0.3) is 0 Å². The van der Waals surface area contributed by atoms with Crippen molar-refractivity contribution in [2.45, 2.75) is 13.8 Å². The molecular weight excluding hydrogens is 415 g/mol. The molecule has 0 saturated heterocycles. The van der Waals surface area contributed by atoms with Crippen LogP contribution in [-0.2, 0) is 4.57 Å². The van der Waals surface area contributed by atoms with Crippen LogP contribution >= 0.6 is 7.14 Å². The van der Waals surface area contributed by atoms with E-state index in [1.807, 2.05) is 38.1 Å². The second-order valence-corrected chi connectivity index (χ2v) is 10.3. The summed E-state index contributed by atoms with van der Waals surface area (Å²) in [4.78, 5) is 27.4. The largest absolute Gasteiger partial charge is 0.305 e. The van der Waals surface area contributed by atoms with Gasteiger partial charge in [0.15, 0.2) is 5.78 Å². The molecule has 4 aromatic carbocycles. The van der Waals surface area contributed by atoms with Gasteiger partial charge in [-0.2, -0.15) is 0 Å². The zero-order chi connectivity index (χ0) is 22.7. The van der Waals surface area contributed by atoms with Gasteiger partial charge in [-0.3, -0.25) is 9.59 Å². The van der Waals surface area contributed by atoms with E-state index < -0.39 is 12.7 Å². The molecule has 0 heterocycles. The quantitative estimate of drug-likeness (QED) is 0.287. The molecule has 0 fully saturated rings. The van der Waals surface area contributed by atoms with Gasteiger partial charge in [-0.25, -0.2) is 0 Å². The molecule has 158 valence electrons. The number of ketones is 1. The topological polar surface area (TPSA) is 51.2 Å². The van der Waals surface area contributed by atoms with Crippen molar-refractivity contribution in [3.05, 3.63) is 131 Å². The number of hydrogen-bond donors (Lipinski definition) is 0. The predicted octanol–water partition coefficient (Wildman–Crippen LogP) is 5.69. The van der Waals surface area contributed by atoms with Crippen LogP contribution in [0.1, 0.15) is 37.4 Å². The Labute approximate surface area is 188 Å². The third kappa shape index (κ3) is 3.77. The van der Waals surface area contributed by atoms with Crippen LogP contribution < -0.4 is 10.6 Å². The van der Waals surface area contributed by atoms with Crippen LogP contribution in [0.4, 0.5) is 0 Å². The van der Waals surface area contributed by atoms with E-state index >= 15 is 0 Å². The summed E-state index contributed by atoms with van der Waals surface area (Å²) in [5.41, 5.74) is 2.35. The maximum absolute atomic E-state index is 14.8. The van der Waals surface area contributed by atoms with Crippen molar-refractivity contribution in [2.24, 2.45) is 0 Å². The maximum Gasteiger partial charge on any atom is 0.230 e. The molecule has 0 aromatic heterocycles. The molecule has 0 aliphatic heterocycles. The molecular formula is C28H23O3P. The summed E-state index contributed by atoms with van der Waals surface area (Å²) in [6.07, 6.45) is 0. The van der Waals surface area contributed by atoms with E-state index in [9.17, 15) is 14.2 Å². The lowest BCUT2D eigenvalue weighted by atomic mass is 9.96. The number of benzene rings is 4. The molecule has 0 bridgehead atoms. The van der Waals surface area contributed by atoms with Crippen molar-refractivity contribution >= 4 is 29.1 Å². The lowest BCUT2D eigenvalue weighted by Crippen LogP contribution is -2.28. The lowest BCUT2D eigenvalue weighted by molar-refractivity contribution is 0.103. The summed E-state index contributed by atoms with van der Waals surface area (Å²) < 4.78 is 14.8. The van der Waals surface area contributed by atoms with Crippen LogP contribution in [0, 0.1) is 13.8 Å². The van der Waals surface area contributed by atoms with Crippen molar-refractivity contribution in [1.29, 1.82) is 0 Å². The Morgan fingerprint density at radius 2 is 1.12 bits per heavy atom. The summed E-state index contributed by atoms with van der Waals surface area (Å²) in [5, 5.41) is 0.703. The van der Waals surface area contributed by atoms with Crippen LogP contribution in [0.3, 0.4) is 0 Å². The van der Waals surface area contributed by atoms with Crippen molar-refractivity contribution < 1.29 is 14.2 Å². The third-order valence-corrected chi connectivity index (χ3v) is 8.65. The number of carbonyl (C=O) groups excluding carboxylic acids is 2. The fourth-order valence-electron chi connectivity index (χ4n) is 3.85. The molecule has 0 N–H and O–H groups in total. The Morgan fingerprint density at radius 3 is 1.69 bits per heavy atom. The first kappa shape index (κ1) is 21.7. The van der Waals surface area contributed by atoms with Gasteiger partial charge in [-0.05, 0) is 31.0 Å². The van der Waals surface area contributed by atoms with Gasteiger partial charge in [0.25, 0.3) is 0 Å². The predicted molar refractivity (Wildman–Crippen MR) is 130 cm³/mol. The zero-order valence-electron chi connectivity index (χ0n) is 18.0. The van der Waals surface area contributed by atoms with Crippen LogP contribution in [0.5, 0.6) is 0 Å². The molecule has 0 aliphatic carbocycles. The van der Waals surface area contributed by atoms with Crippen molar-refractivity contribution in [1.82, 2.24) is 0 Å². The minimum absolute atomic E-state index is 0.237. The highest BCUT2D eigenvalue weighted by molar-refractivity contribution is 7.93. The molecule has 1 atom stereocenters. The van der Waals surface area contributed by atoms with Gasteiger partial charge in [0.1, 0.15) is 0 Å². The third-order valence-electron chi connectivity index (χ3n) is 5.74. The Morgan fingerprint density at radius 1 is 0.625 bits per heavy atom. The van der Waals surface area contributed by atoms with Gasteiger partial charge in [-0.15, -0.1) is 0 Å². The van der Waals surface area contributed by atoms with Crippen molar-refractivity contribution in [2.75, 3.05) is 0 Å². The summed E-state index contributed by atoms with van der Waals surface area (Å²) in [5.74, 6) is -0.237. The number of carbonyl (C=O) groups is 2. The molecule has 4 heteroatoms. The summed E-state index contributed by atoms with van der Waals surface area (Å²) >= 11 is 0. The smallest absolute Gasteiger partial charge is 0.230 e. The molecule has 0 saturated carbocycles. The second kappa shape index (κ2) is 8.90. The SMILES string of the molecule is Cc1ccc(P(=O)(C(=O)c2ccccc2)c2ccccc2)c(C(=O)c2ccccc2)c1C. The normalized spacial score (nSPS) is 12.7. The first-order valence-corrected chi connectivity index (χ1v) is 12.1. The van der Waals surface area contributed by atoms with Gasteiger partial charge in [-0.1, -0.05) is 97.1 Å². The summed E-state index contributed by atoms with van der Waals surface area (Å²) in [7, 11) is -3.86. The summed E-state index contributed by atoms with van der Waals surface area (Å²) in [6, 6.07) is 29.8. The number of hydrogen-bond acceptors (Lipinski definition) is 3. The zero-order valence-corrected chi connectivity index (χ0v) is 18.9. The standard InChI is InChI=1S/C28H23O3P/c1-20-18-19-25(26(21(20)2)27(29)22-12-6-3-7-13-22)32(31,24-16-10-5-11-17-24)28(30)23-14-8-4-9-15-23/h3-19H,1-2H3. The fraction of sp³-hybridized carbons (Fsp3) is 0.0714. The molecule has 0 spiro atoms. The van der Waals surface area contributed by atoms with E-state index in [2.05, 4.69) is 0 Å². The van der Waals surface area contributed by atoms with Gasteiger partial charge in [0.05, 0.1) is 0 Å². The molecule has 3 nitrogen and oxygen atoms in total. The van der Waals surface area contributed by atoms with Crippen LogP contribution in [0.2, 0.25) is 0 Å². The van der Waals surface area contributed by atoms with Gasteiger partial charge in [0, 0.05) is 27.3 Å². The van der Waals surface area contributed by atoms with E-state index in [0.29, 0.717) is 22.0 Å². The lowest BCUT2D eigenvalue weighted by Gasteiger charge is -2.23. The fourth-order valence-corrected chi connectivity index (χ4v) is 6.56.